The van der Waals surface area contributed by atoms with Crippen LogP contribution in [0.2, 0.25) is 0 Å². The summed E-state index contributed by atoms with van der Waals surface area (Å²) in [5.41, 5.74) is 2.56. The normalized spacial score (nSPS) is 16.0. The number of rotatable bonds is 2. The molecule has 5 heteroatoms. The van der Waals surface area contributed by atoms with Crippen LogP contribution in [0.4, 0.5) is 0 Å². The zero-order valence-electron chi connectivity index (χ0n) is 10.1. The standard InChI is InChI=1S/C13H16N2O3/c16-12(10-5-2-1-3-6-10)15-18-13(17)11-7-4-8-14-9-11/h4,7-10H,1-3,5-6H2,(H,15,16). The molecular weight excluding hydrogens is 232 g/mol. The molecule has 2 rings (SSSR count). The molecule has 5 nitrogen and oxygen atoms in total. The fraction of sp³-hybridized carbons (Fsp3) is 0.462. The summed E-state index contributed by atoms with van der Waals surface area (Å²) in [5, 5.41) is 0. The van der Waals surface area contributed by atoms with Crippen LogP contribution < -0.4 is 5.48 Å². The van der Waals surface area contributed by atoms with Crippen molar-refractivity contribution in [1.29, 1.82) is 0 Å². The summed E-state index contributed by atoms with van der Waals surface area (Å²) in [4.78, 5) is 31.9. The number of pyridine rings is 1. The molecule has 1 N–H and O–H groups in total. The Balaban J connectivity index is 1.80. The van der Waals surface area contributed by atoms with E-state index in [0.29, 0.717) is 5.56 Å². The maximum absolute atomic E-state index is 11.7. The van der Waals surface area contributed by atoms with Gasteiger partial charge in [0.05, 0.1) is 5.56 Å². The van der Waals surface area contributed by atoms with Crippen molar-refractivity contribution < 1.29 is 14.4 Å². The average molecular weight is 248 g/mol. The highest BCUT2D eigenvalue weighted by atomic mass is 16.7. The van der Waals surface area contributed by atoms with E-state index >= 15 is 0 Å². The van der Waals surface area contributed by atoms with E-state index in [2.05, 4.69) is 10.5 Å². The molecule has 0 unspecified atom stereocenters. The van der Waals surface area contributed by atoms with Gasteiger partial charge in [-0.25, -0.2) is 4.79 Å². The lowest BCUT2D eigenvalue weighted by Crippen LogP contribution is -2.33. The van der Waals surface area contributed by atoms with E-state index < -0.39 is 5.97 Å². The molecule has 0 bridgehead atoms. The Hall–Kier alpha value is -1.91. The van der Waals surface area contributed by atoms with Gasteiger partial charge in [-0.2, -0.15) is 5.48 Å². The smallest absolute Gasteiger partial charge is 0.335 e. The van der Waals surface area contributed by atoms with E-state index in [-0.39, 0.29) is 11.8 Å². The molecule has 1 aliphatic carbocycles. The van der Waals surface area contributed by atoms with Crippen molar-refractivity contribution in [3.63, 3.8) is 0 Å². The predicted octanol–water partition coefficient (Wildman–Crippen LogP) is 1.85. The van der Waals surface area contributed by atoms with Gasteiger partial charge in [-0.3, -0.25) is 9.78 Å². The first kappa shape index (κ1) is 12.5. The highest BCUT2D eigenvalue weighted by molar-refractivity contribution is 5.90. The van der Waals surface area contributed by atoms with Crippen LogP contribution in [0.3, 0.4) is 0 Å². The van der Waals surface area contributed by atoms with Crippen LogP contribution in [-0.4, -0.2) is 16.9 Å². The second-order valence-electron chi connectivity index (χ2n) is 4.43. The average Bonchev–Trinajstić information content (AvgIpc) is 2.46. The molecular formula is C13H16N2O3. The van der Waals surface area contributed by atoms with Crippen molar-refractivity contribution in [2.75, 3.05) is 0 Å². The number of nitrogens with one attached hydrogen (secondary N) is 1. The molecule has 18 heavy (non-hydrogen) atoms. The second kappa shape index (κ2) is 6.14. The lowest BCUT2D eigenvalue weighted by atomic mass is 9.89. The minimum absolute atomic E-state index is 0.0274. The Kier molecular flexibility index (Phi) is 4.28. The molecule has 0 aromatic carbocycles. The van der Waals surface area contributed by atoms with Gasteiger partial charge in [-0.05, 0) is 25.0 Å². The topological polar surface area (TPSA) is 68.3 Å². The zero-order valence-corrected chi connectivity index (χ0v) is 10.1. The Morgan fingerprint density at radius 2 is 2.06 bits per heavy atom. The number of amides is 1. The van der Waals surface area contributed by atoms with Gasteiger partial charge >= 0.3 is 5.97 Å². The third-order valence-corrected chi connectivity index (χ3v) is 3.12. The third kappa shape index (κ3) is 3.29. The van der Waals surface area contributed by atoms with Crippen LogP contribution in [-0.2, 0) is 9.63 Å². The fourth-order valence-corrected chi connectivity index (χ4v) is 2.09. The maximum Gasteiger partial charge on any atom is 0.364 e. The van der Waals surface area contributed by atoms with Gasteiger partial charge in [0.25, 0.3) is 5.91 Å². The molecule has 1 fully saturated rings. The van der Waals surface area contributed by atoms with Gasteiger partial charge < -0.3 is 4.84 Å². The number of aromatic nitrogens is 1. The van der Waals surface area contributed by atoms with E-state index in [1.54, 1.807) is 18.3 Å². The van der Waals surface area contributed by atoms with Gasteiger partial charge in [0.15, 0.2) is 0 Å². The molecule has 0 aliphatic heterocycles. The van der Waals surface area contributed by atoms with Crippen molar-refractivity contribution >= 4 is 11.9 Å². The van der Waals surface area contributed by atoms with Gasteiger partial charge in [-0.15, -0.1) is 0 Å². The number of nitrogens with zero attached hydrogens (tertiary/aromatic N) is 1. The van der Waals surface area contributed by atoms with E-state index in [4.69, 9.17) is 4.84 Å². The lowest BCUT2D eigenvalue weighted by Gasteiger charge is -2.19. The molecule has 1 aliphatic rings. The van der Waals surface area contributed by atoms with E-state index in [9.17, 15) is 9.59 Å². The molecule has 1 aromatic heterocycles. The summed E-state index contributed by atoms with van der Waals surface area (Å²) >= 11 is 0. The predicted molar refractivity (Wildman–Crippen MR) is 64.4 cm³/mol. The minimum atomic E-state index is -0.591. The Morgan fingerprint density at radius 1 is 1.28 bits per heavy atom. The first-order chi connectivity index (χ1) is 8.77. The molecule has 1 amide bonds. The Bertz CT molecular complexity index is 414. The number of hydrogen-bond acceptors (Lipinski definition) is 4. The molecule has 0 saturated heterocycles. The number of carbonyl (C=O) groups is 2. The maximum atomic E-state index is 11.7. The number of hydrogen-bond donors (Lipinski definition) is 1. The summed E-state index contributed by atoms with van der Waals surface area (Å²) < 4.78 is 0. The van der Waals surface area contributed by atoms with Gasteiger partial charge in [-0.1, -0.05) is 19.3 Å². The van der Waals surface area contributed by atoms with E-state index in [1.165, 1.54) is 12.6 Å². The first-order valence-electron chi connectivity index (χ1n) is 6.18. The molecule has 1 aromatic rings. The van der Waals surface area contributed by atoms with Gasteiger partial charge in [0, 0.05) is 18.3 Å². The first-order valence-corrected chi connectivity index (χ1v) is 6.18. The molecule has 0 atom stereocenters. The van der Waals surface area contributed by atoms with Crippen LogP contribution >= 0.6 is 0 Å². The van der Waals surface area contributed by atoms with Gasteiger partial charge in [0.2, 0.25) is 0 Å². The van der Waals surface area contributed by atoms with Crippen LogP contribution in [0.15, 0.2) is 24.5 Å². The SMILES string of the molecule is O=C(ONC(=O)C1CCCCC1)c1cccnc1. The molecule has 0 spiro atoms. The van der Waals surface area contributed by atoms with Crippen molar-refractivity contribution in [2.45, 2.75) is 32.1 Å². The van der Waals surface area contributed by atoms with Gasteiger partial charge in [0.1, 0.15) is 0 Å². The van der Waals surface area contributed by atoms with Crippen molar-refractivity contribution in [3.05, 3.63) is 30.1 Å². The van der Waals surface area contributed by atoms with Crippen molar-refractivity contribution in [1.82, 2.24) is 10.5 Å². The summed E-state index contributed by atoms with van der Waals surface area (Å²) in [6, 6.07) is 3.22. The highest BCUT2D eigenvalue weighted by Gasteiger charge is 2.22. The summed E-state index contributed by atoms with van der Waals surface area (Å²) in [7, 11) is 0. The quantitative estimate of drug-likeness (QED) is 0.811. The van der Waals surface area contributed by atoms with E-state index in [1.807, 2.05) is 0 Å². The van der Waals surface area contributed by atoms with Crippen LogP contribution in [0, 0.1) is 5.92 Å². The summed E-state index contributed by atoms with van der Waals surface area (Å²) in [6.45, 7) is 0. The molecule has 96 valence electrons. The van der Waals surface area contributed by atoms with Crippen molar-refractivity contribution in [3.8, 4) is 0 Å². The zero-order chi connectivity index (χ0) is 12.8. The van der Waals surface area contributed by atoms with Crippen LogP contribution in [0.5, 0.6) is 0 Å². The number of hydroxylamine groups is 1. The van der Waals surface area contributed by atoms with E-state index in [0.717, 1.165) is 25.7 Å². The summed E-state index contributed by atoms with van der Waals surface area (Å²) in [5.74, 6) is -0.820. The Morgan fingerprint density at radius 3 is 2.72 bits per heavy atom. The molecule has 1 saturated carbocycles. The third-order valence-electron chi connectivity index (χ3n) is 3.12. The van der Waals surface area contributed by atoms with Crippen molar-refractivity contribution in [2.24, 2.45) is 5.92 Å². The number of carbonyl (C=O) groups excluding carboxylic acids is 2. The monoisotopic (exact) mass is 248 g/mol. The highest BCUT2D eigenvalue weighted by Crippen LogP contribution is 2.23. The van der Waals surface area contributed by atoms with Crippen LogP contribution in [0.1, 0.15) is 42.5 Å². The lowest BCUT2D eigenvalue weighted by molar-refractivity contribution is -0.135. The minimum Gasteiger partial charge on any atom is -0.335 e. The van der Waals surface area contributed by atoms with Crippen LogP contribution in [0.25, 0.3) is 0 Å². The summed E-state index contributed by atoms with van der Waals surface area (Å²) in [6.07, 6.45) is 8.02. The molecule has 1 heterocycles. The fourth-order valence-electron chi connectivity index (χ4n) is 2.09. The Labute approximate surface area is 106 Å². The molecule has 0 radical (unpaired) electrons. The second-order valence-corrected chi connectivity index (χ2v) is 4.43. The largest absolute Gasteiger partial charge is 0.364 e.